The molecule has 0 saturated carbocycles. The van der Waals surface area contributed by atoms with E-state index in [0.717, 1.165) is 0 Å². The summed E-state index contributed by atoms with van der Waals surface area (Å²) in [7, 11) is 0. The fourth-order valence-corrected chi connectivity index (χ4v) is 4.07. The Labute approximate surface area is 174 Å². The Morgan fingerprint density at radius 1 is 0.571 bits per heavy atom. The van der Waals surface area contributed by atoms with Crippen LogP contribution in [0.5, 0.6) is 0 Å². The van der Waals surface area contributed by atoms with Crippen molar-refractivity contribution in [2.75, 3.05) is 0 Å². The smallest absolute Gasteiger partial charge is 0.0152 e. The van der Waals surface area contributed by atoms with Crippen molar-refractivity contribution in [2.24, 2.45) is 0 Å². The predicted octanol–water partition coefficient (Wildman–Crippen LogP) is 9.42. The first-order valence-corrected chi connectivity index (χ1v) is 12.0. The Kier molecular flexibility index (Phi) is 12.5. The molecule has 0 spiro atoms. The SMILES string of the molecule is CCCCCC/C=C/CCCCCCCCCCc1cccc2ccccc12. The van der Waals surface area contributed by atoms with Crippen LogP contribution in [0.3, 0.4) is 0 Å². The highest BCUT2D eigenvalue weighted by molar-refractivity contribution is 5.85. The summed E-state index contributed by atoms with van der Waals surface area (Å²) < 4.78 is 0. The third kappa shape index (κ3) is 9.58. The van der Waals surface area contributed by atoms with Gasteiger partial charge in [-0.05, 0) is 54.9 Å². The van der Waals surface area contributed by atoms with Gasteiger partial charge in [-0.15, -0.1) is 0 Å². The Morgan fingerprint density at radius 2 is 1.14 bits per heavy atom. The molecule has 0 unspecified atom stereocenters. The zero-order valence-electron chi connectivity index (χ0n) is 18.3. The molecule has 2 rings (SSSR count). The summed E-state index contributed by atoms with van der Waals surface area (Å²) in [4.78, 5) is 0. The lowest BCUT2D eigenvalue weighted by Gasteiger charge is -2.06. The van der Waals surface area contributed by atoms with Gasteiger partial charge >= 0.3 is 0 Å². The molecule has 2 aromatic carbocycles. The average molecular weight is 379 g/mol. The van der Waals surface area contributed by atoms with Gasteiger partial charge in [0, 0.05) is 0 Å². The molecular weight excluding hydrogens is 336 g/mol. The molecule has 0 heteroatoms. The first kappa shape index (κ1) is 22.7. The number of benzene rings is 2. The molecular formula is C28H42. The van der Waals surface area contributed by atoms with E-state index in [-0.39, 0.29) is 0 Å². The molecule has 0 saturated heterocycles. The maximum atomic E-state index is 2.42. The third-order valence-corrected chi connectivity index (χ3v) is 5.84. The summed E-state index contributed by atoms with van der Waals surface area (Å²) in [5.74, 6) is 0. The maximum Gasteiger partial charge on any atom is -0.0152 e. The van der Waals surface area contributed by atoms with E-state index in [2.05, 4.69) is 61.5 Å². The van der Waals surface area contributed by atoms with E-state index in [1.165, 1.54) is 113 Å². The van der Waals surface area contributed by atoms with Crippen molar-refractivity contribution >= 4 is 10.8 Å². The van der Waals surface area contributed by atoms with Crippen molar-refractivity contribution in [3.8, 4) is 0 Å². The molecule has 0 fully saturated rings. The minimum Gasteiger partial charge on any atom is -0.0885 e. The van der Waals surface area contributed by atoms with Gasteiger partial charge < -0.3 is 0 Å². The Balaban J connectivity index is 1.40. The second-order valence-corrected chi connectivity index (χ2v) is 8.33. The van der Waals surface area contributed by atoms with E-state index < -0.39 is 0 Å². The first-order valence-electron chi connectivity index (χ1n) is 12.0. The minimum atomic E-state index is 1.23. The average Bonchev–Trinajstić information content (AvgIpc) is 2.73. The molecule has 0 amide bonds. The van der Waals surface area contributed by atoms with Crippen molar-refractivity contribution in [3.63, 3.8) is 0 Å². The van der Waals surface area contributed by atoms with E-state index >= 15 is 0 Å². The molecule has 0 aromatic heterocycles. The van der Waals surface area contributed by atoms with Crippen molar-refractivity contribution in [1.82, 2.24) is 0 Å². The summed E-state index contributed by atoms with van der Waals surface area (Å²) in [6.07, 6.45) is 25.3. The summed E-state index contributed by atoms with van der Waals surface area (Å²) >= 11 is 0. The van der Waals surface area contributed by atoms with Gasteiger partial charge in [-0.1, -0.05) is 119 Å². The number of unbranched alkanes of at least 4 members (excludes halogenated alkanes) is 12. The molecule has 0 aliphatic carbocycles. The largest absolute Gasteiger partial charge is 0.0885 e. The van der Waals surface area contributed by atoms with Crippen LogP contribution in [0.4, 0.5) is 0 Å². The number of aryl methyl sites for hydroxylation is 1. The number of allylic oxidation sites excluding steroid dienone is 2. The van der Waals surface area contributed by atoms with Gasteiger partial charge in [-0.2, -0.15) is 0 Å². The Morgan fingerprint density at radius 3 is 1.86 bits per heavy atom. The van der Waals surface area contributed by atoms with Crippen LogP contribution in [0.2, 0.25) is 0 Å². The fraction of sp³-hybridized carbons (Fsp3) is 0.571. The lowest BCUT2D eigenvalue weighted by atomic mass is 9.99. The lowest BCUT2D eigenvalue weighted by molar-refractivity contribution is 0.569. The van der Waals surface area contributed by atoms with Crippen LogP contribution in [0.15, 0.2) is 54.6 Å². The van der Waals surface area contributed by atoms with Crippen LogP contribution in [0.25, 0.3) is 10.8 Å². The van der Waals surface area contributed by atoms with Gasteiger partial charge in [0.1, 0.15) is 0 Å². The van der Waals surface area contributed by atoms with Gasteiger partial charge in [-0.25, -0.2) is 0 Å². The first-order chi connectivity index (χ1) is 13.9. The highest BCUT2D eigenvalue weighted by Crippen LogP contribution is 2.21. The lowest BCUT2D eigenvalue weighted by Crippen LogP contribution is -1.88. The van der Waals surface area contributed by atoms with Gasteiger partial charge in [0.15, 0.2) is 0 Å². The Hall–Kier alpha value is -1.56. The van der Waals surface area contributed by atoms with Crippen LogP contribution in [-0.4, -0.2) is 0 Å². The zero-order chi connectivity index (χ0) is 19.7. The summed E-state index contributed by atoms with van der Waals surface area (Å²) in [6, 6.07) is 15.5. The Bertz CT molecular complexity index is 647. The van der Waals surface area contributed by atoms with Gasteiger partial charge in [0.05, 0.1) is 0 Å². The summed E-state index contributed by atoms with van der Waals surface area (Å²) in [6.45, 7) is 2.28. The van der Waals surface area contributed by atoms with Crippen molar-refractivity contribution in [1.29, 1.82) is 0 Å². The summed E-state index contributed by atoms with van der Waals surface area (Å²) in [5, 5.41) is 2.83. The van der Waals surface area contributed by atoms with E-state index in [1.807, 2.05) is 0 Å². The summed E-state index contributed by atoms with van der Waals surface area (Å²) in [5.41, 5.74) is 1.52. The van der Waals surface area contributed by atoms with Gasteiger partial charge in [0.2, 0.25) is 0 Å². The number of fused-ring (bicyclic) bond motifs is 1. The monoisotopic (exact) mass is 378 g/mol. The molecule has 2 aromatic rings. The van der Waals surface area contributed by atoms with Crippen molar-refractivity contribution in [3.05, 3.63) is 60.2 Å². The van der Waals surface area contributed by atoms with E-state index in [0.29, 0.717) is 0 Å². The van der Waals surface area contributed by atoms with E-state index in [1.54, 1.807) is 0 Å². The number of hydrogen-bond acceptors (Lipinski definition) is 0. The van der Waals surface area contributed by atoms with Crippen LogP contribution < -0.4 is 0 Å². The number of rotatable bonds is 16. The van der Waals surface area contributed by atoms with Crippen LogP contribution in [0.1, 0.15) is 102 Å². The molecule has 0 N–H and O–H groups in total. The highest BCUT2D eigenvalue weighted by Gasteiger charge is 2.00. The third-order valence-electron chi connectivity index (χ3n) is 5.84. The molecule has 0 aliphatic rings. The molecule has 0 atom stereocenters. The maximum absolute atomic E-state index is 2.42. The molecule has 0 bridgehead atoms. The van der Waals surface area contributed by atoms with Crippen molar-refractivity contribution < 1.29 is 0 Å². The van der Waals surface area contributed by atoms with E-state index in [4.69, 9.17) is 0 Å². The quantitative estimate of drug-likeness (QED) is 0.201. The topological polar surface area (TPSA) is 0 Å². The highest BCUT2D eigenvalue weighted by atomic mass is 14.1. The zero-order valence-corrected chi connectivity index (χ0v) is 18.3. The molecule has 28 heavy (non-hydrogen) atoms. The molecule has 0 radical (unpaired) electrons. The van der Waals surface area contributed by atoms with Gasteiger partial charge in [-0.3, -0.25) is 0 Å². The van der Waals surface area contributed by atoms with Crippen LogP contribution in [-0.2, 0) is 6.42 Å². The fourth-order valence-electron chi connectivity index (χ4n) is 4.07. The van der Waals surface area contributed by atoms with Gasteiger partial charge in [0.25, 0.3) is 0 Å². The standard InChI is InChI=1S/C28H42/c1-2-3-4-5-6-7-8-9-10-11-12-13-14-15-16-17-21-26-23-20-24-27-22-18-19-25-28(26)27/h7-8,18-20,22-25H,2-6,9-17,21H2,1H3/b8-7+. The second kappa shape index (κ2) is 15.4. The molecule has 154 valence electrons. The number of hydrogen-bond donors (Lipinski definition) is 0. The molecule has 0 nitrogen and oxygen atoms in total. The predicted molar refractivity (Wildman–Crippen MR) is 127 cm³/mol. The second-order valence-electron chi connectivity index (χ2n) is 8.33. The minimum absolute atomic E-state index is 1.23. The molecule has 0 heterocycles. The molecule has 0 aliphatic heterocycles. The van der Waals surface area contributed by atoms with Crippen LogP contribution >= 0.6 is 0 Å². The van der Waals surface area contributed by atoms with Crippen molar-refractivity contribution in [2.45, 2.75) is 103 Å². The van der Waals surface area contributed by atoms with Crippen LogP contribution in [0, 0.1) is 0 Å². The normalized spacial score (nSPS) is 11.6. The van der Waals surface area contributed by atoms with E-state index in [9.17, 15) is 0 Å².